The zero-order chi connectivity index (χ0) is 24.7. The lowest BCUT2D eigenvalue weighted by atomic mass is 9.92. The van der Waals surface area contributed by atoms with Crippen LogP contribution in [0, 0.1) is 11.3 Å². The Balaban J connectivity index is 1.43. The van der Waals surface area contributed by atoms with Crippen molar-refractivity contribution in [1.82, 2.24) is 19.9 Å². The van der Waals surface area contributed by atoms with Gasteiger partial charge in [0.15, 0.2) is 11.5 Å². The Labute approximate surface area is 205 Å². The standard InChI is InChI=1S/C27H29N7O/c1-16-15-29-17(2)24(16)21-13-18(5-6-19(21)14-28)25(35)27-30-22-7-8-23(31-26(22)32-27)34-11-9-20(10-12-34)33(3)4/h5-8,13,20H,9-12,15H2,1-4H3,(H,30,31,32). The van der Waals surface area contributed by atoms with Crippen LogP contribution in [0.5, 0.6) is 0 Å². The molecule has 35 heavy (non-hydrogen) atoms. The summed E-state index contributed by atoms with van der Waals surface area (Å²) in [6.45, 7) is 6.46. The van der Waals surface area contributed by atoms with Gasteiger partial charge in [-0.25, -0.2) is 9.97 Å². The number of H-pyrrole nitrogens is 1. The molecule has 3 aromatic rings. The average molecular weight is 468 g/mol. The van der Waals surface area contributed by atoms with E-state index in [-0.39, 0.29) is 11.6 Å². The number of pyridine rings is 1. The highest BCUT2D eigenvalue weighted by atomic mass is 16.1. The Morgan fingerprint density at radius 1 is 1.14 bits per heavy atom. The van der Waals surface area contributed by atoms with Gasteiger partial charge in [0, 0.05) is 41.5 Å². The van der Waals surface area contributed by atoms with Crippen molar-refractivity contribution >= 4 is 34.0 Å². The van der Waals surface area contributed by atoms with Crippen LogP contribution in [0.15, 0.2) is 40.9 Å². The summed E-state index contributed by atoms with van der Waals surface area (Å²) < 4.78 is 0. The number of hydrogen-bond acceptors (Lipinski definition) is 7. The number of allylic oxidation sites excluding steroid dienone is 1. The summed E-state index contributed by atoms with van der Waals surface area (Å²) in [5.41, 5.74) is 5.94. The molecule has 0 spiro atoms. The molecule has 8 nitrogen and oxygen atoms in total. The summed E-state index contributed by atoms with van der Waals surface area (Å²) >= 11 is 0. The Morgan fingerprint density at radius 3 is 2.57 bits per heavy atom. The summed E-state index contributed by atoms with van der Waals surface area (Å²) in [4.78, 5) is 34.8. The maximum absolute atomic E-state index is 13.4. The summed E-state index contributed by atoms with van der Waals surface area (Å²) in [6, 6.07) is 11.9. The van der Waals surface area contributed by atoms with E-state index >= 15 is 0 Å². The van der Waals surface area contributed by atoms with Crippen LogP contribution in [0.3, 0.4) is 0 Å². The van der Waals surface area contributed by atoms with Crippen molar-refractivity contribution in [2.45, 2.75) is 32.7 Å². The second-order valence-electron chi connectivity index (χ2n) is 9.57. The molecule has 0 saturated carbocycles. The minimum absolute atomic E-state index is 0.229. The number of nitrogens with zero attached hydrogens (tertiary/aromatic N) is 6. The summed E-state index contributed by atoms with van der Waals surface area (Å²) in [5.74, 6) is 0.904. The minimum atomic E-state index is -0.229. The summed E-state index contributed by atoms with van der Waals surface area (Å²) in [7, 11) is 4.26. The second-order valence-corrected chi connectivity index (χ2v) is 9.57. The SMILES string of the molecule is CC1=NCC(C)=C1c1cc(C(=O)c2nc3nc(N4CCC(N(C)C)CC4)ccc3[nH]2)ccc1C#N. The maximum atomic E-state index is 13.4. The van der Waals surface area contributed by atoms with Crippen molar-refractivity contribution in [3.63, 3.8) is 0 Å². The maximum Gasteiger partial charge on any atom is 0.228 e. The van der Waals surface area contributed by atoms with Crippen LogP contribution in [0.1, 0.15) is 54.0 Å². The van der Waals surface area contributed by atoms with Gasteiger partial charge in [0.05, 0.1) is 23.7 Å². The number of aromatic amines is 1. The quantitative estimate of drug-likeness (QED) is 0.572. The lowest BCUT2D eigenvalue weighted by molar-refractivity contribution is 0.103. The van der Waals surface area contributed by atoms with Crippen molar-refractivity contribution in [3.8, 4) is 6.07 Å². The van der Waals surface area contributed by atoms with Gasteiger partial charge in [0.2, 0.25) is 5.78 Å². The van der Waals surface area contributed by atoms with Crippen molar-refractivity contribution in [3.05, 3.63) is 58.4 Å². The number of carbonyl (C=O) groups is 1. The number of imidazole rings is 1. The molecule has 8 heteroatoms. The molecular weight excluding hydrogens is 438 g/mol. The molecular formula is C27H29N7O. The number of piperidine rings is 1. The Kier molecular flexibility index (Phi) is 5.95. The molecule has 2 aromatic heterocycles. The number of nitrogens with one attached hydrogen (secondary N) is 1. The highest BCUT2D eigenvalue weighted by molar-refractivity contribution is 6.26. The van der Waals surface area contributed by atoms with E-state index in [2.05, 4.69) is 44.9 Å². The monoisotopic (exact) mass is 467 g/mol. The van der Waals surface area contributed by atoms with Crippen LogP contribution in [-0.4, -0.2) is 71.1 Å². The lowest BCUT2D eigenvalue weighted by Gasteiger charge is -2.35. The number of aromatic nitrogens is 3. The van der Waals surface area contributed by atoms with Crippen LogP contribution < -0.4 is 4.90 Å². The van der Waals surface area contributed by atoms with E-state index in [1.54, 1.807) is 18.2 Å². The molecule has 4 heterocycles. The number of ketones is 1. The largest absolute Gasteiger partial charge is 0.356 e. The molecule has 0 aliphatic carbocycles. The minimum Gasteiger partial charge on any atom is -0.356 e. The lowest BCUT2D eigenvalue weighted by Crippen LogP contribution is -2.42. The molecule has 0 radical (unpaired) electrons. The number of fused-ring (bicyclic) bond motifs is 1. The van der Waals surface area contributed by atoms with Crippen molar-refractivity contribution in [1.29, 1.82) is 5.26 Å². The Bertz CT molecular complexity index is 1420. The number of benzene rings is 1. The first kappa shape index (κ1) is 22.9. The first-order chi connectivity index (χ1) is 16.9. The highest BCUT2D eigenvalue weighted by Gasteiger charge is 2.24. The van der Waals surface area contributed by atoms with E-state index < -0.39 is 0 Å². The summed E-state index contributed by atoms with van der Waals surface area (Å²) in [6.07, 6.45) is 2.19. The predicted molar refractivity (Wildman–Crippen MR) is 138 cm³/mol. The molecule has 5 rings (SSSR count). The average Bonchev–Trinajstić information content (AvgIpc) is 3.45. The van der Waals surface area contributed by atoms with Gasteiger partial charge >= 0.3 is 0 Å². The Hall–Kier alpha value is -3.83. The van der Waals surface area contributed by atoms with Gasteiger partial charge in [-0.1, -0.05) is 0 Å². The number of aliphatic imine (C=N–C) groups is 1. The first-order valence-corrected chi connectivity index (χ1v) is 11.9. The fourth-order valence-corrected chi connectivity index (χ4v) is 5.03. The number of carbonyl (C=O) groups excluding carboxylic acids is 1. The number of anilines is 1. The van der Waals surface area contributed by atoms with Gasteiger partial charge < -0.3 is 14.8 Å². The van der Waals surface area contributed by atoms with Gasteiger partial charge in [0.1, 0.15) is 5.82 Å². The van der Waals surface area contributed by atoms with Gasteiger partial charge in [-0.05, 0) is 76.7 Å². The van der Waals surface area contributed by atoms with Gasteiger partial charge in [-0.2, -0.15) is 5.26 Å². The molecule has 2 aliphatic heterocycles. The molecule has 0 amide bonds. The third-order valence-corrected chi connectivity index (χ3v) is 7.08. The zero-order valence-electron chi connectivity index (χ0n) is 20.6. The van der Waals surface area contributed by atoms with E-state index in [1.165, 1.54) is 0 Å². The molecule has 1 fully saturated rings. The molecule has 178 valence electrons. The van der Waals surface area contributed by atoms with E-state index in [0.29, 0.717) is 29.4 Å². The number of hydrogen-bond donors (Lipinski definition) is 1. The van der Waals surface area contributed by atoms with Crippen molar-refractivity contribution < 1.29 is 4.79 Å². The van der Waals surface area contributed by atoms with E-state index in [4.69, 9.17) is 4.98 Å². The van der Waals surface area contributed by atoms with Crippen molar-refractivity contribution in [2.75, 3.05) is 38.6 Å². The second kappa shape index (κ2) is 9.08. The summed E-state index contributed by atoms with van der Waals surface area (Å²) in [5, 5.41) is 9.64. The van der Waals surface area contributed by atoms with E-state index in [9.17, 15) is 10.1 Å². The predicted octanol–water partition coefficient (Wildman–Crippen LogP) is 3.84. The van der Waals surface area contributed by atoms with Crippen LogP contribution in [0.25, 0.3) is 16.7 Å². The van der Waals surface area contributed by atoms with Crippen LogP contribution in [0.4, 0.5) is 5.82 Å². The van der Waals surface area contributed by atoms with Gasteiger partial charge in [-0.3, -0.25) is 9.79 Å². The van der Waals surface area contributed by atoms with Gasteiger partial charge in [0.25, 0.3) is 0 Å². The van der Waals surface area contributed by atoms with Crippen LogP contribution in [-0.2, 0) is 0 Å². The zero-order valence-corrected chi connectivity index (χ0v) is 20.6. The van der Waals surface area contributed by atoms with Gasteiger partial charge in [-0.15, -0.1) is 0 Å². The molecule has 1 saturated heterocycles. The van der Waals surface area contributed by atoms with Crippen molar-refractivity contribution in [2.24, 2.45) is 4.99 Å². The Morgan fingerprint density at radius 2 is 1.91 bits per heavy atom. The fourth-order valence-electron chi connectivity index (χ4n) is 5.03. The van der Waals surface area contributed by atoms with E-state index in [0.717, 1.165) is 59.7 Å². The molecule has 0 atom stereocenters. The number of nitriles is 1. The molecule has 1 N–H and O–H groups in total. The van der Waals surface area contributed by atoms with Crippen LogP contribution >= 0.6 is 0 Å². The van der Waals surface area contributed by atoms with E-state index in [1.807, 2.05) is 26.0 Å². The molecule has 0 bridgehead atoms. The normalized spacial score (nSPS) is 16.8. The molecule has 1 aromatic carbocycles. The molecule has 0 unspecified atom stereocenters. The number of rotatable bonds is 5. The van der Waals surface area contributed by atoms with Crippen LogP contribution in [0.2, 0.25) is 0 Å². The fraction of sp³-hybridized carbons (Fsp3) is 0.370. The first-order valence-electron chi connectivity index (χ1n) is 11.9. The highest BCUT2D eigenvalue weighted by Crippen LogP contribution is 2.30. The smallest absolute Gasteiger partial charge is 0.228 e. The third-order valence-electron chi connectivity index (χ3n) is 7.08. The topological polar surface area (TPSA) is 101 Å². The third kappa shape index (κ3) is 4.24. The molecule has 2 aliphatic rings.